The molecule has 0 saturated heterocycles. The lowest BCUT2D eigenvalue weighted by Gasteiger charge is -2.15. The predicted octanol–water partition coefficient (Wildman–Crippen LogP) is 2.71. The van der Waals surface area contributed by atoms with Crippen LogP contribution in [0.2, 0.25) is 0 Å². The Morgan fingerprint density at radius 1 is 1.35 bits per heavy atom. The van der Waals surface area contributed by atoms with Crippen LogP contribution in [0.5, 0.6) is 0 Å². The van der Waals surface area contributed by atoms with Crippen LogP contribution in [0.25, 0.3) is 0 Å². The van der Waals surface area contributed by atoms with Crippen LogP contribution < -0.4 is 5.32 Å². The SMILES string of the molecule is COCC(C)Nc1nccn1CCc1ccc(F)cc1. The van der Waals surface area contributed by atoms with Crippen LogP contribution in [0, 0.1) is 5.82 Å². The summed E-state index contributed by atoms with van der Waals surface area (Å²) in [6, 6.07) is 6.80. The minimum atomic E-state index is -0.202. The molecule has 0 bridgehead atoms. The number of hydrogen-bond donors (Lipinski definition) is 1. The molecule has 4 nitrogen and oxygen atoms in total. The molecule has 0 fully saturated rings. The van der Waals surface area contributed by atoms with Crippen LogP contribution in [-0.2, 0) is 17.7 Å². The normalized spacial score (nSPS) is 12.3. The van der Waals surface area contributed by atoms with E-state index in [0.29, 0.717) is 6.61 Å². The number of hydrogen-bond acceptors (Lipinski definition) is 3. The van der Waals surface area contributed by atoms with E-state index >= 15 is 0 Å². The van der Waals surface area contributed by atoms with Crippen molar-refractivity contribution in [2.75, 3.05) is 19.0 Å². The molecule has 1 heterocycles. The molecule has 5 heteroatoms. The fourth-order valence-electron chi connectivity index (χ4n) is 2.04. The van der Waals surface area contributed by atoms with E-state index in [4.69, 9.17) is 4.74 Å². The van der Waals surface area contributed by atoms with Gasteiger partial charge in [-0.1, -0.05) is 12.1 Å². The lowest BCUT2D eigenvalue weighted by molar-refractivity contribution is 0.190. The van der Waals surface area contributed by atoms with Crippen LogP contribution in [0.15, 0.2) is 36.7 Å². The third-order valence-electron chi connectivity index (χ3n) is 3.06. The zero-order valence-corrected chi connectivity index (χ0v) is 11.8. The number of nitrogens with one attached hydrogen (secondary N) is 1. The summed E-state index contributed by atoms with van der Waals surface area (Å²) in [5.74, 6) is 0.629. The number of imidazole rings is 1. The number of anilines is 1. The Hall–Kier alpha value is -1.88. The monoisotopic (exact) mass is 277 g/mol. The summed E-state index contributed by atoms with van der Waals surface area (Å²) >= 11 is 0. The highest BCUT2D eigenvalue weighted by Gasteiger charge is 2.07. The molecule has 0 aliphatic heterocycles. The fourth-order valence-corrected chi connectivity index (χ4v) is 2.04. The maximum Gasteiger partial charge on any atom is 0.203 e. The average Bonchev–Trinajstić information content (AvgIpc) is 2.86. The molecule has 0 aliphatic carbocycles. The third kappa shape index (κ3) is 4.06. The number of rotatable bonds is 7. The Kier molecular flexibility index (Phi) is 5.12. The van der Waals surface area contributed by atoms with Gasteiger partial charge in [0.25, 0.3) is 0 Å². The molecule has 1 unspecified atom stereocenters. The lowest BCUT2D eigenvalue weighted by Crippen LogP contribution is -2.23. The number of aromatic nitrogens is 2. The molecule has 0 radical (unpaired) electrons. The molecule has 2 aromatic rings. The van der Waals surface area contributed by atoms with E-state index in [1.165, 1.54) is 12.1 Å². The van der Waals surface area contributed by atoms with Gasteiger partial charge in [0.15, 0.2) is 0 Å². The predicted molar refractivity (Wildman–Crippen MR) is 77.3 cm³/mol. The van der Waals surface area contributed by atoms with Gasteiger partial charge in [-0.05, 0) is 31.0 Å². The van der Waals surface area contributed by atoms with Gasteiger partial charge in [0.05, 0.1) is 6.61 Å². The first-order valence-electron chi connectivity index (χ1n) is 6.70. The highest BCUT2D eigenvalue weighted by atomic mass is 19.1. The summed E-state index contributed by atoms with van der Waals surface area (Å²) in [6.07, 6.45) is 4.54. The van der Waals surface area contributed by atoms with Crippen LogP contribution >= 0.6 is 0 Å². The number of aryl methyl sites for hydroxylation is 2. The van der Waals surface area contributed by atoms with Gasteiger partial charge in [0.2, 0.25) is 5.95 Å². The molecule has 0 spiro atoms. The Morgan fingerprint density at radius 3 is 2.80 bits per heavy atom. The molecule has 0 aliphatic rings. The van der Waals surface area contributed by atoms with E-state index < -0.39 is 0 Å². The molecule has 108 valence electrons. The first kappa shape index (κ1) is 14.5. The molecule has 1 aromatic carbocycles. The summed E-state index contributed by atoms with van der Waals surface area (Å²) < 4.78 is 20.0. The molecule has 0 saturated carbocycles. The largest absolute Gasteiger partial charge is 0.383 e. The van der Waals surface area contributed by atoms with Crippen molar-refractivity contribution in [1.82, 2.24) is 9.55 Å². The second-order valence-electron chi connectivity index (χ2n) is 4.82. The summed E-state index contributed by atoms with van der Waals surface area (Å²) in [6.45, 7) is 3.47. The first-order chi connectivity index (χ1) is 9.69. The van der Waals surface area contributed by atoms with Gasteiger partial charge in [0.1, 0.15) is 5.82 Å². The Labute approximate surface area is 118 Å². The second-order valence-corrected chi connectivity index (χ2v) is 4.82. The van der Waals surface area contributed by atoms with Gasteiger partial charge in [-0.15, -0.1) is 0 Å². The topological polar surface area (TPSA) is 39.1 Å². The number of benzene rings is 1. The van der Waals surface area contributed by atoms with Crippen molar-refractivity contribution in [1.29, 1.82) is 0 Å². The van der Waals surface area contributed by atoms with Crippen LogP contribution in [0.1, 0.15) is 12.5 Å². The minimum Gasteiger partial charge on any atom is -0.383 e. The lowest BCUT2D eigenvalue weighted by atomic mass is 10.1. The fraction of sp³-hybridized carbons (Fsp3) is 0.400. The molecule has 2 rings (SSSR count). The maximum absolute atomic E-state index is 12.8. The molecule has 1 N–H and O–H groups in total. The van der Waals surface area contributed by atoms with Crippen molar-refractivity contribution in [3.05, 3.63) is 48.0 Å². The number of methoxy groups -OCH3 is 1. The number of halogens is 1. The van der Waals surface area contributed by atoms with E-state index in [0.717, 1.165) is 24.5 Å². The van der Waals surface area contributed by atoms with Gasteiger partial charge >= 0.3 is 0 Å². The first-order valence-corrected chi connectivity index (χ1v) is 6.70. The quantitative estimate of drug-likeness (QED) is 0.845. The summed E-state index contributed by atoms with van der Waals surface area (Å²) in [4.78, 5) is 4.30. The van der Waals surface area contributed by atoms with Gasteiger partial charge in [-0.2, -0.15) is 0 Å². The highest BCUT2D eigenvalue weighted by Crippen LogP contribution is 2.10. The highest BCUT2D eigenvalue weighted by molar-refractivity contribution is 5.27. The molecular weight excluding hydrogens is 257 g/mol. The molecular formula is C15H20FN3O. The molecule has 1 atom stereocenters. The number of nitrogens with zero attached hydrogens (tertiary/aromatic N) is 2. The van der Waals surface area contributed by atoms with Crippen molar-refractivity contribution in [3.63, 3.8) is 0 Å². The van der Waals surface area contributed by atoms with Crippen molar-refractivity contribution < 1.29 is 9.13 Å². The van der Waals surface area contributed by atoms with Gasteiger partial charge in [0, 0.05) is 32.1 Å². The van der Waals surface area contributed by atoms with Crippen LogP contribution in [0.3, 0.4) is 0 Å². The van der Waals surface area contributed by atoms with E-state index in [-0.39, 0.29) is 11.9 Å². The summed E-state index contributed by atoms with van der Waals surface area (Å²) in [5.41, 5.74) is 1.11. The number of ether oxygens (including phenoxy) is 1. The molecule has 1 aromatic heterocycles. The van der Waals surface area contributed by atoms with E-state index in [1.54, 1.807) is 13.3 Å². The maximum atomic E-state index is 12.8. The Bertz CT molecular complexity index is 524. The van der Waals surface area contributed by atoms with Gasteiger partial charge in [-0.3, -0.25) is 0 Å². The van der Waals surface area contributed by atoms with Crippen molar-refractivity contribution in [3.8, 4) is 0 Å². The molecule has 20 heavy (non-hydrogen) atoms. The van der Waals surface area contributed by atoms with Crippen molar-refractivity contribution >= 4 is 5.95 Å². The zero-order valence-electron chi connectivity index (χ0n) is 11.8. The Balaban J connectivity index is 1.93. The minimum absolute atomic E-state index is 0.201. The van der Waals surface area contributed by atoms with E-state index in [1.807, 2.05) is 25.3 Å². The van der Waals surface area contributed by atoms with Crippen LogP contribution in [0.4, 0.5) is 10.3 Å². The summed E-state index contributed by atoms with van der Waals surface area (Å²) in [5, 5.41) is 3.30. The van der Waals surface area contributed by atoms with Crippen molar-refractivity contribution in [2.24, 2.45) is 0 Å². The van der Waals surface area contributed by atoms with Crippen LogP contribution in [-0.4, -0.2) is 29.3 Å². The zero-order chi connectivity index (χ0) is 14.4. The van der Waals surface area contributed by atoms with Gasteiger partial charge < -0.3 is 14.6 Å². The van der Waals surface area contributed by atoms with Gasteiger partial charge in [-0.25, -0.2) is 9.37 Å². The molecule has 0 amide bonds. The third-order valence-corrected chi connectivity index (χ3v) is 3.06. The average molecular weight is 277 g/mol. The smallest absolute Gasteiger partial charge is 0.203 e. The Morgan fingerprint density at radius 2 is 2.10 bits per heavy atom. The summed E-state index contributed by atoms with van der Waals surface area (Å²) in [7, 11) is 1.68. The van der Waals surface area contributed by atoms with E-state index in [9.17, 15) is 4.39 Å². The van der Waals surface area contributed by atoms with E-state index in [2.05, 4.69) is 14.9 Å². The standard InChI is InChI=1S/C15H20FN3O/c1-12(11-20-2)18-15-17-8-10-19(15)9-7-13-3-5-14(16)6-4-13/h3-6,8,10,12H,7,9,11H2,1-2H3,(H,17,18). The van der Waals surface area contributed by atoms with Crippen molar-refractivity contribution in [2.45, 2.75) is 25.9 Å². The second kappa shape index (κ2) is 7.05.